The Bertz CT molecular complexity index is 189. The van der Waals surface area contributed by atoms with Crippen molar-refractivity contribution < 1.29 is 15.0 Å². The Morgan fingerprint density at radius 2 is 2.40 bits per heavy atom. The Morgan fingerprint density at radius 3 is 2.60 bits per heavy atom. The molecule has 1 aliphatic rings. The van der Waals surface area contributed by atoms with Gasteiger partial charge >= 0.3 is 0 Å². The summed E-state index contributed by atoms with van der Waals surface area (Å²) < 4.78 is 0. The summed E-state index contributed by atoms with van der Waals surface area (Å²) in [5.41, 5.74) is 3.22. The Hall–Kier alpha value is -0.870. The number of aliphatic hydroxyl groups excluding tert-OH is 1. The van der Waals surface area contributed by atoms with Gasteiger partial charge in [-0.3, -0.25) is 4.79 Å². The van der Waals surface area contributed by atoms with Crippen LogP contribution < -0.4 is 5.73 Å². The van der Waals surface area contributed by atoms with Gasteiger partial charge in [-0.05, 0) is 6.08 Å². The SMILES string of the molecule is NC(=O)[C@@]1(O)C=C[C@H](O)C1. The van der Waals surface area contributed by atoms with Gasteiger partial charge in [-0.15, -0.1) is 0 Å². The molecule has 0 bridgehead atoms. The molecule has 1 amide bonds. The van der Waals surface area contributed by atoms with Crippen LogP contribution in [-0.2, 0) is 4.79 Å². The van der Waals surface area contributed by atoms with Crippen molar-refractivity contribution in [1.29, 1.82) is 0 Å². The van der Waals surface area contributed by atoms with Crippen molar-refractivity contribution in [3.05, 3.63) is 12.2 Å². The molecule has 4 N–H and O–H groups in total. The van der Waals surface area contributed by atoms with Crippen LogP contribution in [0.2, 0.25) is 0 Å². The molecule has 0 fully saturated rings. The van der Waals surface area contributed by atoms with Gasteiger partial charge in [-0.25, -0.2) is 0 Å². The zero-order valence-corrected chi connectivity index (χ0v) is 5.32. The van der Waals surface area contributed by atoms with E-state index < -0.39 is 17.6 Å². The fourth-order valence-corrected chi connectivity index (χ4v) is 0.908. The molecular weight excluding hydrogens is 134 g/mol. The minimum atomic E-state index is -1.63. The van der Waals surface area contributed by atoms with Crippen molar-refractivity contribution in [1.82, 2.24) is 0 Å². The third-order valence-electron chi connectivity index (χ3n) is 1.54. The summed E-state index contributed by atoms with van der Waals surface area (Å²) in [5.74, 6) is -0.819. The number of hydrogen-bond donors (Lipinski definition) is 3. The second kappa shape index (κ2) is 2.07. The van der Waals surface area contributed by atoms with Gasteiger partial charge in [0.25, 0.3) is 5.91 Å². The second-order valence-corrected chi connectivity index (χ2v) is 2.42. The summed E-state index contributed by atoms with van der Waals surface area (Å²) in [5, 5.41) is 18.1. The Balaban J connectivity index is 2.75. The molecule has 0 saturated heterocycles. The van der Waals surface area contributed by atoms with E-state index in [1.165, 1.54) is 12.2 Å². The van der Waals surface area contributed by atoms with E-state index in [9.17, 15) is 9.90 Å². The van der Waals surface area contributed by atoms with E-state index in [0.29, 0.717) is 0 Å². The average molecular weight is 143 g/mol. The van der Waals surface area contributed by atoms with Gasteiger partial charge in [-0.1, -0.05) is 6.08 Å². The highest BCUT2D eigenvalue weighted by Crippen LogP contribution is 2.21. The quantitative estimate of drug-likeness (QED) is 0.391. The number of aliphatic hydroxyl groups is 2. The largest absolute Gasteiger partial charge is 0.389 e. The van der Waals surface area contributed by atoms with Crippen LogP contribution in [0.25, 0.3) is 0 Å². The van der Waals surface area contributed by atoms with Crippen LogP contribution in [0.3, 0.4) is 0 Å². The minimum absolute atomic E-state index is 0.0255. The van der Waals surface area contributed by atoms with E-state index in [-0.39, 0.29) is 6.42 Å². The predicted octanol–water partition coefficient (Wildman–Crippen LogP) is -1.48. The highest BCUT2D eigenvalue weighted by Gasteiger charge is 2.36. The summed E-state index contributed by atoms with van der Waals surface area (Å²) in [6.07, 6.45) is 1.80. The number of carbonyl (C=O) groups excluding carboxylic acids is 1. The molecular formula is C6H9NO3. The van der Waals surface area contributed by atoms with Crippen LogP contribution >= 0.6 is 0 Å². The van der Waals surface area contributed by atoms with Crippen LogP contribution in [0.4, 0.5) is 0 Å². The van der Waals surface area contributed by atoms with Gasteiger partial charge < -0.3 is 15.9 Å². The molecule has 56 valence electrons. The molecule has 0 aromatic carbocycles. The second-order valence-electron chi connectivity index (χ2n) is 2.42. The zero-order valence-electron chi connectivity index (χ0n) is 5.32. The van der Waals surface area contributed by atoms with E-state index >= 15 is 0 Å². The highest BCUT2D eigenvalue weighted by atomic mass is 16.3. The number of rotatable bonds is 1. The first-order chi connectivity index (χ1) is 4.54. The number of hydrogen-bond acceptors (Lipinski definition) is 3. The summed E-state index contributed by atoms with van der Waals surface area (Å²) >= 11 is 0. The zero-order chi connectivity index (χ0) is 7.78. The van der Waals surface area contributed by atoms with Crippen LogP contribution in [0.1, 0.15) is 6.42 Å². The lowest BCUT2D eigenvalue weighted by Gasteiger charge is -2.15. The maximum Gasteiger partial charge on any atom is 0.253 e. The van der Waals surface area contributed by atoms with Gasteiger partial charge in [0, 0.05) is 6.42 Å². The van der Waals surface area contributed by atoms with Gasteiger partial charge in [0.2, 0.25) is 0 Å². The lowest BCUT2D eigenvalue weighted by molar-refractivity contribution is -0.132. The smallest absolute Gasteiger partial charge is 0.253 e. The first-order valence-corrected chi connectivity index (χ1v) is 2.94. The van der Waals surface area contributed by atoms with E-state index in [0.717, 1.165) is 0 Å². The maximum atomic E-state index is 10.5. The minimum Gasteiger partial charge on any atom is -0.389 e. The monoisotopic (exact) mass is 143 g/mol. The van der Waals surface area contributed by atoms with Gasteiger partial charge in [0.1, 0.15) is 0 Å². The highest BCUT2D eigenvalue weighted by molar-refractivity contribution is 5.86. The van der Waals surface area contributed by atoms with Crippen molar-refractivity contribution in [2.75, 3.05) is 0 Å². The molecule has 2 atom stereocenters. The number of carbonyl (C=O) groups is 1. The molecule has 1 rings (SSSR count). The number of amides is 1. The molecule has 0 aromatic rings. The Morgan fingerprint density at radius 1 is 1.80 bits per heavy atom. The maximum absolute atomic E-state index is 10.5. The normalized spacial score (nSPS) is 38.4. The summed E-state index contributed by atoms with van der Waals surface area (Å²) in [6, 6.07) is 0. The molecule has 0 spiro atoms. The predicted molar refractivity (Wildman–Crippen MR) is 33.9 cm³/mol. The van der Waals surface area contributed by atoms with E-state index in [1.807, 2.05) is 0 Å². The van der Waals surface area contributed by atoms with Gasteiger partial charge in [0.05, 0.1) is 6.10 Å². The molecule has 0 heterocycles. The third-order valence-corrected chi connectivity index (χ3v) is 1.54. The summed E-state index contributed by atoms with van der Waals surface area (Å²) in [4.78, 5) is 10.5. The number of nitrogens with two attached hydrogens (primary N) is 1. The molecule has 0 aromatic heterocycles. The van der Waals surface area contributed by atoms with Crippen LogP contribution in [-0.4, -0.2) is 27.8 Å². The van der Waals surface area contributed by atoms with Crippen molar-refractivity contribution in [3.8, 4) is 0 Å². The van der Waals surface area contributed by atoms with E-state index in [1.54, 1.807) is 0 Å². The molecule has 0 saturated carbocycles. The molecule has 10 heavy (non-hydrogen) atoms. The van der Waals surface area contributed by atoms with Crippen molar-refractivity contribution in [3.63, 3.8) is 0 Å². The molecule has 4 nitrogen and oxygen atoms in total. The molecule has 0 aliphatic heterocycles. The molecule has 0 unspecified atom stereocenters. The summed E-state index contributed by atoms with van der Waals surface area (Å²) in [6.45, 7) is 0. The lowest BCUT2D eigenvalue weighted by Crippen LogP contribution is -2.41. The van der Waals surface area contributed by atoms with Crippen molar-refractivity contribution in [2.24, 2.45) is 5.73 Å². The first kappa shape index (κ1) is 7.24. The Kier molecular flexibility index (Phi) is 1.50. The van der Waals surface area contributed by atoms with Crippen LogP contribution in [0.15, 0.2) is 12.2 Å². The topological polar surface area (TPSA) is 83.6 Å². The fraction of sp³-hybridized carbons (Fsp3) is 0.500. The molecule has 4 heteroatoms. The van der Waals surface area contributed by atoms with E-state index in [4.69, 9.17) is 10.8 Å². The van der Waals surface area contributed by atoms with Crippen molar-refractivity contribution >= 4 is 5.91 Å². The van der Waals surface area contributed by atoms with E-state index in [2.05, 4.69) is 0 Å². The van der Waals surface area contributed by atoms with Crippen LogP contribution in [0, 0.1) is 0 Å². The van der Waals surface area contributed by atoms with Gasteiger partial charge in [-0.2, -0.15) is 0 Å². The standard InChI is InChI=1S/C6H9NO3/c7-5(9)6(10)2-1-4(8)3-6/h1-2,4,8,10H,3H2,(H2,7,9)/t4-,6+/m0/s1. The average Bonchev–Trinajstić information content (AvgIpc) is 2.13. The summed E-state index contributed by atoms with van der Waals surface area (Å²) in [7, 11) is 0. The van der Waals surface area contributed by atoms with Crippen LogP contribution in [0.5, 0.6) is 0 Å². The molecule has 0 radical (unpaired) electrons. The van der Waals surface area contributed by atoms with Crippen molar-refractivity contribution in [2.45, 2.75) is 18.1 Å². The molecule has 1 aliphatic carbocycles. The first-order valence-electron chi connectivity index (χ1n) is 2.94. The Labute approximate surface area is 58.0 Å². The lowest BCUT2D eigenvalue weighted by atomic mass is 10.0. The van der Waals surface area contributed by atoms with Gasteiger partial charge in [0.15, 0.2) is 5.60 Å². The number of primary amides is 1. The fourth-order valence-electron chi connectivity index (χ4n) is 0.908. The third kappa shape index (κ3) is 1.03.